The van der Waals surface area contributed by atoms with Gasteiger partial charge in [-0.15, -0.1) is 11.3 Å². The Morgan fingerprint density at radius 3 is 2.85 bits per heavy atom. The molecule has 1 aromatic carbocycles. The van der Waals surface area contributed by atoms with Gasteiger partial charge in [0.15, 0.2) is 5.78 Å². The van der Waals surface area contributed by atoms with Crippen molar-refractivity contribution < 1.29 is 4.79 Å². The molecule has 0 saturated carbocycles. The number of halogens is 1. The third kappa shape index (κ3) is 1.67. The molecule has 1 heterocycles. The Hall–Kier alpha value is -0.670. The fourth-order valence-electron chi connectivity index (χ4n) is 1.22. The molecule has 0 bridgehead atoms. The number of hydrogen-bond donors (Lipinski definition) is 0. The van der Waals surface area contributed by atoms with Crippen LogP contribution in [0.4, 0.5) is 0 Å². The second kappa shape index (κ2) is 3.24. The number of benzene rings is 1. The van der Waals surface area contributed by atoms with Gasteiger partial charge in [-0.05, 0) is 40.4 Å². The van der Waals surface area contributed by atoms with Crippen molar-refractivity contribution in [2.24, 2.45) is 0 Å². The van der Waals surface area contributed by atoms with E-state index in [4.69, 9.17) is 0 Å². The van der Waals surface area contributed by atoms with Gasteiger partial charge in [-0.3, -0.25) is 4.79 Å². The lowest BCUT2D eigenvalue weighted by atomic mass is 10.1. The molecule has 0 radical (unpaired) electrons. The fraction of sp³-hybridized carbons (Fsp3) is 0.100. The molecule has 0 aliphatic rings. The van der Waals surface area contributed by atoms with E-state index in [1.165, 1.54) is 5.39 Å². The van der Waals surface area contributed by atoms with Crippen LogP contribution < -0.4 is 0 Å². The van der Waals surface area contributed by atoms with Gasteiger partial charge in [0.25, 0.3) is 0 Å². The quantitative estimate of drug-likeness (QED) is 0.707. The minimum absolute atomic E-state index is 0.117. The molecule has 0 aliphatic heterocycles. The van der Waals surface area contributed by atoms with Gasteiger partial charge >= 0.3 is 0 Å². The van der Waals surface area contributed by atoms with Gasteiger partial charge in [0.05, 0.1) is 3.79 Å². The Balaban J connectivity index is 2.67. The van der Waals surface area contributed by atoms with E-state index in [0.717, 1.165) is 14.0 Å². The van der Waals surface area contributed by atoms with Crippen LogP contribution >= 0.6 is 27.3 Å². The molecule has 66 valence electrons. The standard InChI is InChI=1S/C10H7BrOS/c1-6(12)7-2-3-8-5-10(11)13-9(8)4-7/h2-5H,1H3. The van der Waals surface area contributed by atoms with Crippen molar-refractivity contribution in [3.05, 3.63) is 33.6 Å². The van der Waals surface area contributed by atoms with Crippen LogP contribution in [0.15, 0.2) is 28.1 Å². The first-order valence-corrected chi connectivity index (χ1v) is 5.48. The van der Waals surface area contributed by atoms with E-state index in [-0.39, 0.29) is 5.78 Å². The SMILES string of the molecule is CC(=O)c1ccc2cc(Br)sc2c1. The normalized spacial score (nSPS) is 10.6. The summed E-state index contributed by atoms with van der Waals surface area (Å²) < 4.78 is 2.25. The average Bonchev–Trinajstić information content (AvgIpc) is 2.42. The van der Waals surface area contributed by atoms with Crippen LogP contribution in [-0.2, 0) is 0 Å². The number of ketones is 1. The van der Waals surface area contributed by atoms with Gasteiger partial charge in [0, 0.05) is 10.3 Å². The number of fused-ring (bicyclic) bond motifs is 1. The van der Waals surface area contributed by atoms with Gasteiger partial charge in [-0.1, -0.05) is 12.1 Å². The largest absolute Gasteiger partial charge is 0.295 e. The molecule has 0 atom stereocenters. The Labute approximate surface area is 88.5 Å². The average molecular weight is 255 g/mol. The lowest BCUT2D eigenvalue weighted by Gasteiger charge is -1.93. The number of thiophene rings is 1. The predicted octanol–water partition coefficient (Wildman–Crippen LogP) is 3.87. The topological polar surface area (TPSA) is 17.1 Å². The molecular formula is C10H7BrOS. The summed E-state index contributed by atoms with van der Waals surface area (Å²) in [6, 6.07) is 7.84. The molecule has 1 nitrogen and oxygen atoms in total. The lowest BCUT2D eigenvalue weighted by Crippen LogP contribution is -1.89. The van der Waals surface area contributed by atoms with Crippen molar-refractivity contribution in [2.75, 3.05) is 0 Å². The molecule has 2 aromatic rings. The summed E-state index contributed by atoms with van der Waals surface area (Å²) in [5, 5.41) is 1.18. The van der Waals surface area contributed by atoms with Crippen molar-refractivity contribution in [1.29, 1.82) is 0 Å². The second-order valence-electron chi connectivity index (χ2n) is 2.86. The van der Waals surface area contributed by atoms with Gasteiger partial charge < -0.3 is 0 Å². The first-order valence-electron chi connectivity index (χ1n) is 3.87. The van der Waals surface area contributed by atoms with Crippen molar-refractivity contribution in [1.82, 2.24) is 0 Å². The third-order valence-corrected chi connectivity index (χ3v) is 3.50. The molecule has 0 N–H and O–H groups in total. The molecule has 0 amide bonds. The van der Waals surface area contributed by atoms with Crippen LogP contribution in [-0.4, -0.2) is 5.78 Å². The zero-order chi connectivity index (χ0) is 9.42. The molecule has 0 fully saturated rings. The monoisotopic (exact) mass is 254 g/mol. The Bertz CT molecular complexity index is 473. The minimum Gasteiger partial charge on any atom is -0.295 e. The van der Waals surface area contributed by atoms with Gasteiger partial charge in [0.1, 0.15) is 0 Å². The van der Waals surface area contributed by atoms with E-state index in [1.807, 2.05) is 18.2 Å². The maximum atomic E-state index is 11.1. The smallest absolute Gasteiger partial charge is 0.159 e. The summed E-state index contributed by atoms with van der Waals surface area (Å²) in [7, 11) is 0. The highest BCUT2D eigenvalue weighted by Gasteiger charge is 2.03. The highest BCUT2D eigenvalue weighted by Crippen LogP contribution is 2.30. The summed E-state index contributed by atoms with van der Waals surface area (Å²) in [6.07, 6.45) is 0. The van der Waals surface area contributed by atoms with Crippen molar-refractivity contribution in [3.8, 4) is 0 Å². The molecule has 0 aliphatic carbocycles. The van der Waals surface area contributed by atoms with Crippen LogP contribution in [0.2, 0.25) is 0 Å². The van der Waals surface area contributed by atoms with E-state index in [9.17, 15) is 4.79 Å². The first-order chi connectivity index (χ1) is 6.16. The van der Waals surface area contributed by atoms with E-state index in [2.05, 4.69) is 22.0 Å². The Kier molecular flexibility index (Phi) is 2.22. The Morgan fingerprint density at radius 1 is 1.38 bits per heavy atom. The van der Waals surface area contributed by atoms with Crippen molar-refractivity contribution in [2.45, 2.75) is 6.92 Å². The summed E-state index contributed by atoms with van der Waals surface area (Å²) in [6.45, 7) is 1.59. The number of rotatable bonds is 1. The number of carbonyl (C=O) groups excluding carboxylic acids is 1. The molecule has 0 saturated heterocycles. The van der Waals surface area contributed by atoms with Crippen LogP contribution in [0.1, 0.15) is 17.3 Å². The molecule has 0 spiro atoms. The number of Topliss-reactive ketones (excluding diaryl/α,β-unsaturated/α-hetero) is 1. The molecule has 1 aromatic heterocycles. The van der Waals surface area contributed by atoms with Gasteiger partial charge in [-0.25, -0.2) is 0 Å². The fourth-order valence-corrected chi connectivity index (χ4v) is 2.81. The highest BCUT2D eigenvalue weighted by atomic mass is 79.9. The van der Waals surface area contributed by atoms with Gasteiger partial charge in [0.2, 0.25) is 0 Å². The van der Waals surface area contributed by atoms with E-state index < -0.39 is 0 Å². The maximum Gasteiger partial charge on any atom is 0.159 e. The predicted molar refractivity (Wildman–Crippen MR) is 59.5 cm³/mol. The molecule has 3 heteroatoms. The third-order valence-electron chi connectivity index (χ3n) is 1.90. The van der Waals surface area contributed by atoms with Crippen LogP contribution in [0.5, 0.6) is 0 Å². The Morgan fingerprint density at radius 2 is 2.15 bits per heavy atom. The van der Waals surface area contributed by atoms with Crippen LogP contribution in [0.3, 0.4) is 0 Å². The minimum atomic E-state index is 0.117. The van der Waals surface area contributed by atoms with E-state index in [0.29, 0.717) is 0 Å². The first kappa shape index (κ1) is 8.91. The molecular weight excluding hydrogens is 248 g/mol. The van der Waals surface area contributed by atoms with Crippen molar-refractivity contribution >= 4 is 43.1 Å². The van der Waals surface area contributed by atoms with E-state index in [1.54, 1.807) is 18.3 Å². The summed E-state index contributed by atoms with van der Waals surface area (Å²) >= 11 is 5.07. The zero-order valence-corrected chi connectivity index (χ0v) is 9.41. The number of carbonyl (C=O) groups is 1. The number of hydrogen-bond acceptors (Lipinski definition) is 2. The molecule has 0 unspecified atom stereocenters. The summed E-state index contributed by atoms with van der Waals surface area (Å²) in [4.78, 5) is 11.1. The summed E-state index contributed by atoms with van der Waals surface area (Å²) in [5.74, 6) is 0.117. The van der Waals surface area contributed by atoms with Crippen molar-refractivity contribution in [3.63, 3.8) is 0 Å². The van der Waals surface area contributed by atoms with E-state index >= 15 is 0 Å². The van der Waals surface area contributed by atoms with Crippen LogP contribution in [0.25, 0.3) is 10.1 Å². The van der Waals surface area contributed by atoms with Gasteiger partial charge in [-0.2, -0.15) is 0 Å². The molecule has 2 rings (SSSR count). The lowest BCUT2D eigenvalue weighted by molar-refractivity contribution is 0.101. The highest BCUT2D eigenvalue weighted by molar-refractivity contribution is 9.11. The van der Waals surface area contributed by atoms with Crippen LogP contribution in [0, 0.1) is 0 Å². The maximum absolute atomic E-state index is 11.1. The second-order valence-corrected chi connectivity index (χ2v) is 5.32. The molecule has 13 heavy (non-hydrogen) atoms. The summed E-state index contributed by atoms with van der Waals surface area (Å²) in [5.41, 5.74) is 0.779. The zero-order valence-electron chi connectivity index (χ0n) is 7.00.